The zero-order valence-electron chi connectivity index (χ0n) is 22.8. The minimum atomic E-state index is -1.09. The summed E-state index contributed by atoms with van der Waals surface area (Å²) in [6.45, 7) is 3.13. The average Bonchev–Trinajstić information content (AvgIpc) is 3.65. The van der Waals surface area contributed by atoms with Crippen LogP contribution >= 0.6 is 0 Å². The molecule has 0 radical (unpaired) electrons. The van der Waals surface area contributed by atoms with Crippen molar-refractivity contribution in [2.24, 2.45) is 0 Å². The van der Waals surface area contributed by atoms with Crippen molar-refractivity contribution in [3.63, 3.8) is 0 Å². The van der Waals surface area contributed by atoms with E-state index in [1.807, 2.05) is 24.3 Å². The first-order valence-corrected chi connectivity index (χ1v) is 14.3. The fraction of sp³-hybridized carbons (Fsp3) is 0.406. The molecule has 3 atom stereocenters. The van der Waals surface area contributed by atoms with Gasteiger partial charge in [0.2, 0.25) is 0 Å². The Kier molecular flexibility index (Phi) is 5.20. The van der Waals surface area contributed by atoms with E-state index in [2.05, 4.69) is 45.6 Å². The Morgan fingerprint density at radius 3 is 2.52 bits per heavy atom. The Balaban J connectivity index is 1.39. The molecule has 1 unspecified atom stereocenters. The standard InChI is InChI=1S/C32H33N3O5/c1-31-32(37,15-9-3-4-10-16-39-38-2)17-24(40-31)34-22-13-7-5-11-19(22)26-27-21(18-33-30(27)36)25-20-12-6-8-14-23(20)35(31)29(25)28(26)34/h5-8,11-14,24,37H,3-4,9-10,15-18H2,1-2H3,(H,33,36)/t24?,31-,32+/m1/s1. The largest absolute Gasteiger partial charge is 0.385 e. The summed E-state index contributed by atoms with van der Waals surface area (Å²) >= 11 is 0. The van der Waals surface area contributed by atoms with Crippen molar-refractivity contribution in [3.05, 3.63) is 59.7 Å². The molecule has 0 aliphatic carbocycles. The van der Waals surface area contributed by atoms with Crippen LogP contribution in [0.1, 0.15) is 67.6 Å². The molecule has 40 heavy (non-hydrogen) atoms. The van der Waals surface area contributed by atoms with Crippen LogP contribution in [-0.4, -0.2) is 39.5 Å². The first-order chi connectivity index (χ1) is 19.5. The molecule has 5 heterocycles. The number of benzene rings is 3. The molecule has 3 aliphatic heterocycles. The van der Waals surface area contributed by atoms with Crippen molar-refractivity contribution in [3.8, 4) is 0 Å². The highest BCUT2D eigenvalue weighted by molar-refractivity contribution is 6.31. The highest BCUT2D eigenvalue weighted by Gasteiger charge is 2.60. The molecule has 8 heteroatoms. The number of rotatable bonds is 8. The quantitative estimate of drug-likeness (QED) is 0.143. The van der Waals surface area contributed by atoms with Crippen molar-refractivity contribution in [2.45, 2.75) is 69.5 Å². The number of fused-ring (bicyclic) bond motifs is 13. The summed E-state index contributed by atoms with van der Waals surface area (Å²) in [5.41, 5.74) is 3.85. The predicted octanol–water partition coefficient (Wildman–Crippen LogP) is 6.01. The van der Waals surface area contributed by atoms with E-state index in [-0.39, 0.29) is 12.1 Å². The van der Waals surface area contributed by atoms with Gasteiger partial charge >= 0.3 is 0 Å². The molecule has 3 aliphatic rings. The second kappa shape index (κ2) is 8.54. The molecule has 1 saturated heterocycles. The zero-order chi connectivity index (χ0) is 27.2. The van der Waals surface area contributed by atoms with Gasteiger partial charge < -0.3 is 24.3 Å². The number of unbranched alkanes of at least 4 members (excludes halogenated alkanes) is 3. The molecule has 5 aromatic rings. The number of ether oxygens (including phenoxy) is 1. The molecule has 8 rings (SSSR count). The monoisotopic (exact) mass is 539 g/mol. The molecule has 8 nitrogen and oxygen atoms in total. The summed E-state index contributed by atoms with van der Waals surface area (Å²) in [4.78, 5) is 23.1. The van der Waals surface area contributed by atoms with Crippen LogP contribution in [0.2, 0.25) is 0 Å². The van der Waals surface area contributed by atoms with Gasteiger partial charge in [-0.05, 0) is 37.5 Å². The lowest BCUT2D eigenvalue weighted by Gasteiger charge is -2.40. The summed E-state index contributed by atoms with van der Waals surface area (Å²) < 4.78 is 11.6. The van der Waals surface area contributed by atoms with Gasteiger partial charge in [0.25, 0.3) is 5.91 Å². The van der Waals surface area contributed by atoms with E-state index in [0.717, 1.165) is 80.4 Å². The van der Waals surface area contributed by atoms with E-state index in [0.29, 0.717) is 26.0 Å². The minimum Gasteiger partial charge on any atom is -0.385 e. The Bertz CT molecular complexity index is 1850. The topological polar surface area (TPSA) is 86.9 Å². The third-order valence-corrected chi connectivity index (χ3v) is 9.66. The van der Waals surface area contributed by atoms with Gasteiger partial charge in [-0.15, -0.1) is 0 Å². The number of aliphatic hydroxyl groups is 1. The van der Waals surface area contributed by atoms with Crippen molar-refractivity contribution in [2.75, 3.05) is 13.7 Å². The van der Waals surface area contributed by atoms with Gasteiger partial charge in [0.15, 0.2) is 5.72 Å². The number of nitrogens with zero attached hydrogens (tertiary/aromatic N) is 2. The normalized spacial score (nSPS) is 25.1. The van der Waals surface area contributed by atoms with Crippen LogP contribution in [-0.2, 0) is 26.8 Å². The fourth-order valence-corrected chi connectivity index (χ4v) is 7.87. The maximum Gasteiger partial charge on any atom is 0.252 e. The number of hydrogen-bond donors (Lipinski definition) is 2. The lowest BCUT2D eigenvalue weighted by molar-refractivity contribution is -0.272. The summed E-state index contributed by atoms with van der Waals surface area (Å²) in [6.07, 6.45) is 4.54. The average molecular weight is 540 g/mol. The maximum atomic E-state index is 13.4. The molecule has 3 aromatic carbocycles. The minimum absolute atomic E-state index is 0.0226. The SMILES string of the molecule is COOCCCCCC[C@]1(O)CC2O[C@@]1(C)n1c3ccccc3c3c4c(c5c6ccccc6n2c5c31)C(=O)NC4. The number of hydrogen-bond acceptors (Lipinski definition) is 5. The van der Waals surface area contributed by atoms with Gasteiger partial charge in [-0.1, -0.05) is 55.7 Å². The molecule has 0 saturated carbocycles. The van der Waals surface area contributed by atoms with Crippen LogP contribution < -0.4 is 5.32 Å². The second-order valence-electron chi connectivity index (χ2n) is 11.7. The Labute approximate surface area is 231 Å². The third kappa shape index (κ3) is 2.97. The molecular formula is C32H33N3O5. The van der Waals surface area contributed by atoms with Gasteiger partial charge in [0.1, 0.15) is 11.8 Å². The van der Waals surface area contributed by atoms with Crippen LogP contribution in [0.15, 0.2) is 48.5 Å². The van der Waals surface area contributed by atoms with Crippen LogP contribution in [0.4, 0.5) is 0 Å². The highest BCUT2D eigenvalue weighted by atomic mass is 17.2. The molecule has 0 spiro atoms. The Morgan fingerprint density at radius 2 is 1.73 bits per heavy atom. The van der Waals surface area contributed by atoms with E-state index < -0.39 is 11.3 Å². The highest BCUT2D eigenvalue weighted by Crippen LogP contribution is 2.58. The van der Waals surface area contributed by atoms with Gasteiger partial charge in [0, 0.05) is 34.5 Å². The lowest BCUT2D eigenvalue weighted by atomic mass is 9.84. The van der Waals surface area contributed by atoms with Gasteiger partial charge in [-0.2, -0.15) is 0 Å². The molecule has 206 valence electrons. The number of nitrogens with one attached hydrogen (secondary N) is 1. The van der Waals surface area contributed by atoms with E-state index >= 15 is 0 Å². The van der Waals surface area contributed by atoms with Gasteiger partial charge in [-0.3, -0.25) is 4.79 Å². The maximum absolute atomic E-state index is 13.4. The number of carbonyl (C=O) groups excluding carboxylic acids is 1. The van der Waals surface area contributed by atoms with E-state index in [1.165, 1.54) is 7.11 Å². The summed E-state index contributed by atoms with van der Waals surface area (Å²) in [7, 11) is 1.53. The number of carbonyl (C=O) groups is 1. The van der Waals surface area contributed by atoms with Gasteiger partial charge in [-0.25, -0.2) is 9.78 Å². The van der Waals surface area contributed by atoms with Crippen LogP contribution in [0.3, 0.4) is 0 Å². The second-order valence-corrected chi connectivity index (χ2v) is 11.7. The predicted molar refractivity (Wildman–Crippen MR) is 153 cm³/mol. The summed E-state index contributed by atoms with van der Waals surface area (Å²) in [6, 6.07) is 16.6. The Hall–Kier alpha value is -3.43. The van der Waals surface area contributed by atoms with Crippen molar-refractivity contribution >= 4 is 49.5 Å². The van der Waals surface area contributed by atoms with Crippen LogP contribution in [0, 0.1) is 0 Å². The number of para-hydroxylation sites is 2. The fourth-order valence-electron chi connectivity index (χ4n) is 7.87. The van der Waals surface area contributed by atoms with E-state index in [9.17, 15) is 9.90 Å². The van der Waals surface area contributed by atoms with Gasteiger partial charge in [0.05, 0.1) is 41.3 Å². The van der Waals surface area contributed by atoms with E-state index in [4.69, 9.17) is 14.5 Å². The van der Waals surface area contributed by atoms with Crippen molar-refractivity contribution in [1.82, 2.24) is 14.5 Å². The van der Waals surface area contributed by atoms with Crippen LogP contribution in [0.25, 0.3) is 43.6 Å². The lowest BCUT2D eigenvalue weighted by Crippen LogP contribution is -2.50. The Morgan fingerprint density at radius 1 is 1.00 bits per heavy atom. The number of aromatic nitrogens is 2. The molecule has 1 fully saturated rings. The molecule has 2 bridgehead atoms. The number of amides is 1. The smallest absolute Gasteiger partial charge is 0.252 e. The summed E-state index contributed by atoms with van der Waals surface area (Å²) in [5, 5.41) is 19.9. The summed E-state index contributed by atoms with van der Waals surface area (Å²) in [5.74, 6) is -0.0226. The van der Waals surface area contributed by atoms with E-state index in [1.54, 1.807) is 0 Å². The molecular weight excluding hydrogens is 506 g/mol. The third-order valence-electron chi connectivity index (χ3n) is 9.66. The van der Waals surface area contributed by atoms with Crippen LogP contribution in [0.5, 0.6) is 0 Å². The molecule has 2 N–H and O–H groups in total. The van der Waals surface area contributed by atoms with Crippen molar-refractivity contribution < 1.29 is 24.4 Å². The molecule has 1 amide bonds. The zero-order valence-corrected chi connectivity index (χ0v) is 22.8. The first kappa shape index (κ1) is 24.4. The molecule has 2 aromatic heterocycles. The first-order valence-electron chi connectivity index (χ1n) is 14.3. The van der Waals surface area contributed by atoms with Crippen molar-refractivity contribution in [1.29, 1.82) is 0 Å².